The molecule has 3 heteroatoms. The SMILES string of the molecule is CCCCc1ccc(C#N)c(I)n1. The van der Waals surface area contributed by atoms with Crippen LogP contribution in [0.2, 0.25) is 0 Å². The molecule has 0 N–H and O–H groups in total. The summed E-state index contributed by atoms with van der Waals surface area (Å²) in [5.41, 5.74) is 1.76. The van der Waals surface area contributed by atoms with Gasteiger partial charge in [0.05, 0.1) is 5.56 Å². The van der Waals surface area contributed by atoms with Crippen LogP contribution in [0.25, 0.3) is 0 Å². The molecule has 2 nitrogen and oxygen atoms in total. The predicted molar refractivity (Wildman–Crippen MR) is 60.3 cm³/mol. The Morgan fingerprint density at radius 2 is 2.31 bits per heavy atom. The van der Waals surface area contributed by atoms with Crippen LogP contribution in [0.1, 0.15) is 31.0 Å². The minimum atomic E-state index is 0.667. The van der Waals surface area contributed by atoms with E-state index >= 15 is 0 Å². The summed E-state index contributed by atoms with van der Waals surface area (Å²) in [7, 11) is 0. The van der Waals surface area contributed by atoms with Crippen molar-refractivity contribution in [1.82, 2.24) is 4.98 Å². The van der Waals surface area contributed by atoms with E-state index in [1.807, 2.05) is 12.1 Å². The number of hydrogen-bond donors (Lipinski definition) is 0. The first-order valence-corrected chi connectivity index (χ1v) is 5.41. The van der Waals surface area contributed by atoms with Crippen LogP contribution in [0.3, 0.4) is 0 Å². The van der Waals surface area contributed by atoms with Crippen LogP contribution in [0.15, 0.2) is 12.1 Å². The Balaban J connectivity index is 2.79. The standard InChI is InChI=1S/C10H11IN2/c1-2-3-4-9-6-5-8(7-12)10(11)13-9/h5-6H,2-4H2,1H3. The van der Waals surface area contributed by atoms with Crippen molar-refractivity contribution in [3.8, 4) is 6.07 Å². The van der Waals surface area contributed by atoms with Gasteiger partial charge in [0.1, 0.15) is 9.77 Å². The van der Waals surface area contributed by atoms with Crippen LogP contribution in [-0.4, -0.2) is 4.98 Å². The van der Waals surface area contributed by atoms with Crippen molar-refractivity contribution in [2.75, 3.05) is 0 Å². The van der Waals surface area contributed by atoms with Crippen molar-refractivity contribution in [3.05, 3.63) is 27.1 Å². The highest BCUT2D eigenvalue weighted by Crippen LogP contribution is 2.10. The van der Waals surface area contributed by atoms with Gasteiger partial charge in [-0.2, -0.15) is 5.26 Å². The van der Waals surface area contributed by atoms with E-state index < -0.39 is 0 Å². The second-order valence-corrected chi connectivity index (χ2v) is 3.88. The summed E-state index contributed by atoms with van der Waals surface area (Å²) in [4.78, 5) is 4.35. The zero-order valence-corrected chi connectivity index (χ0v) is 9.71. The summed E-state index contributed by atoms with van der Waals surface area (Å²) in [6.07, 6.45) is 3.35. The molecule has 0 bridgehead atoms. The number of aryl methyl sites for hydroxylation is 1. The fourth-order valence-corrected chi connectivity index (χ4v) is 1.66. The largest absolute Gasteiger partial charge is 0.246 e. The van der Waals surface area contributed by atoms with Crippen LogP contribution in [-0.2, 0) is 6.42 Å². The van der Waals surface area contributed by atoms with E-state index in [-0.39, 0.29) is 0 Å². The summed E-state index contributed by atoms with van der Waals surface area (Å²) < 4.78 is 0.814. The molecule has 1 aromatic heterocycles. The van der Waals surface area contributed by atoms with Crippen molar-refractivity contribution >= 4 is 22.6 Å². The molecular weight excluding hydrogens is 275 g/mol. The number of nitriles is 1. The third-order valence-corrected chi connectivity index (χ3v) is 2.64. The highest BCUT2D eigenvalue weighted by atomic mass is 127. The highest BCUT2D eigenvalue weighted by molar-refractivity contribution is 14.1. The number of nitrogens with zero attached hydrogens (tertiary/aromatic N) is 2. The molecule has 0 aliphatic heterocycles. The van der Waals surface area contributed by atoms with Gasteiger partial charge in [-0.3, -0.25) is 0 Å². The second-order valence-electron chi connectivity index (χ2n) is 2.86. The second kappa shape index (κ2) is 5.18. The average molecular weight is 286 g/mol. The monoisotopic (exact) mass is 286 g/mol. The molecule has 0 saturated carbocycles. The molecule has 0 spiro atoms. The first-order chi connectivity index (χ1) is 6.27. The van der Waals surface area contributed by atoms with Gasteiger partial charge in [-0.15, -0.1) is 0 Å². The molecule has 68 valence electrons. The van der Waals surface area contributed by atoms with E-state index in [9.17, 15) is 0 Å². The molecule has 0 aromatic carbocycles. The van der Waals surface area contributed by atoms with Crippen molar-refractivity contribution < 1.29 is 0 Å². The summed E-state index contributed by atoms with van der Waals surface area (Å²) in [6, 6.07) is 5.90. The van der Waals surface area contributed by atoms with Crippen LogP contribution in [0, 0.1) is 15.0 Å². The normalized spacial score (nSPS) is 9.62. The zero-order valence-electron chi connectivity index (χ0n) is 7.55. The number of unbranched alkanes of at least 4 members (excludes halogenated alkanes) is 1. The minimum Gasteiger partial charge on any atom is -0.246 e. The molecule has 13 heavy (non-hydrogen) atoms. The molecule has 1 heterocycles. The van der Waals surface area contributed by atoms with Crippen molar-refractivity contribution in [3.63, 3.8) is 0 Å². The molecule has 0 radical (unpaired) electrons. The fourth-order valence-electron chi connectivity index (χ4n) is 1.05. The third-order valence-electron chi connectivity index (χ3n) is 1.81. The molecule has 0 aliphatic rings. The number of rotatable bonds is 3. The number of pyridine rings is 1. The highest BCUT2D eigenvalue weighted by Gasteiger charge is 2.01. The fraction of sp³-hybridized carbons (Fsp3) is 0.400. The van der Waals surface area contributed by atoms with E-state index in [0.717, 1.165) is 22.2 Å². The van der Waals surface area contributed by atoms with Gasteiger partial charge in [-0.1, -0.05) is 13.3 Å². The Bertz CT molecular complexity index is 328. The van der Waals surface area contributed by atoms with Gasteiger partial charge in [-0.25, -0.2) is 4.98 Å². The summed E-state index contributed by atoms with van der Waals surface area (Å²) in [5, 5.41) is 8.69. The molecule has 0 unspecified atom stereocenters. The minimum absolute atomic E-state index is 0.667. The lowest BCUT2D eigenvalue weighted by molar-refractivity contribution is 0.774. The summed E-state index contributed by atoms with van der Waals surface area (Å²) in [5.74, 6) is 0. The molecule has 1 aromatic rings. The Kier molecular flexibility index (Phi) is 4.16. The molecule has 0 fully saturated rings. The van der Waals surface area contributed by atoms with Crippen LogP contribution in [0.4, 0.5) is 0 Å². The van der Waals surface area contributed by atoms with Gasteiger partial charge in [0.15, 0.2) is 0 Å². The molecule has 0 amide bonds. The van der Waals surface area contributed by atoms with Crippen molar-refractivity contribution in [2.45, 2.75) is 26.2 Å². The molecule has 0 atom stereocenters. The lowest BCUT2D eigenvalue weighted by Gasteiger charge is -2.00. The number of halogens is 1. The summed E-state index contributed by atoms with van der Waals surface area (Å²) >= 11 is 2.10. The number of aromatic nitrogens is 1. The Morgan fingerprint density at radius 3 is 2.85 bits per heavy atom. The topological polar surface area (TPSA) is 36.7 Å². The first-order valence-electron chi connectivity index (χ1n) is 4.33. The lowest BCUT2D eigenvalue weighted by atomic mass is 10.2. The van der Waals surface area contributed by atoms with Crippen LogP contribution in [0.5, 0.6) is 0 Å². The predicted octanol–water partition coefficient (Wildman–Crippen LogP) is 2.90. The maximum absolute atomic E-state index is 8.69. The maximum Gasteiger partial charge on any atom is 0.119 e. The van der Waals surface area contributed by atoms with Gasteiger partial charge in [0.25, 0.3) is 0 Å². The van der Waals surface area contributed by atoms with Gasteiger partial charge in [0.2, 0.25) is 0 Å². The Labute approximate surface area is 92.1 Å². The average Bonchev–Trinajstić information content (AvgIpc) is 2.15. The first kappa shape index (κ1) is 10.5. The van der Waals surface area contributed by atoms with Gasteiger partial charge in [0, 0.05) is 5.69 Å². The van der Waals surface area contributed by atoms with Gasteiger partial charge in [-0.05, 0) is 47.6 Å². The smallest absolute Gasteiger partial charge is 0.119 e. The van der Waals surface area contributed by atoms with Crippen molar-refractivity contribution in [1.29, 1.82) is 5.26 Å². The quantitative estimate of drug-likeness (QED) is 0.633. The van der Waals surface area contributed by atoms with E-state index in [4.69, 9.17) is 5.26 Å². The van der Waals surface area contributed by atoms with Crippen molar-refractivity contribution in [2.24, 2.45) is 0 Å². The van der Waals surface area contributed by atoms with E-state index in [1.54, 1.807) is 0 Å². The molecule has 0 saturated heterocycles. The molecule has 1 rings (SSSR count). The molecular formula is C10H11IN2. The van der Waals surface area contributed by atoms with E-state index in [1.165, 1.54) is 6.42 Å². The van der Waals surface area contributed by atoms with Gasteiger partial charge < -0.3 is 0 Å². The maximum atomic E-state index is 8.69. The summed E-state index contributed by atoms with van der Waals surface area (Å²) in [6.45, 7) is 2.16. The lowest BCUT2D eigenvalue weighted by Crippen LogP contribution is -1.94. The Morgan fingerprint density at radius 1 is 1.54 bits per heavy atom. The van der Waals surface area contributed by atoms with E-state index in [2.05, 4.69) is 40.6 Å². The van der Waals surface area contributed by atoms with E-state index in [0.29, 0.717) is 5.56 Å². The van der Waals surface area contributed by atoms with Gasteiger partial charge >= 0.3 is 0 Å². The zero-order chi connectivity index (χ0) is 9.68. The van der Waals surface area contributed by atoms with Crippen LogP contribution < -0.4 is 0 Å². The Hall–Kier alpha value is -0.630. The molecule has 0 aliphatic carbocycles. The number of hydrogen-bond acceptors (Lipinski definition) is 2. The van der Waals surface area contributed by atoms with Crippen LogP contribution >= 0.6 is 22.6 Å². The third kappa shape index (κ3) is 2.96.